The highest BCUT2D eigenvalue weighted by molar-refractivity contribution is 5.44. The van der Waals surface area contributed by atoms with Gasteiger partial charge in [0, 0.05) is 62.8 Å². The number of methoxy groups -OCH3 is 1. The second-order valence-corrected chi connectivity index (χ2v) is 9.51. The lowest BCUT2D eigenvalue weighted by Gasteiger charge is -2.38. The number of aromatic nitrogens is 2. The fourth-order valence-electron chi connectivity index (χ4n) is 4.25. The molecule has 2 atom stereocenters. The normalized spacial score (nSPS) is 15.4. The number of halogens is 1. The molecule has 2 aromatic carbocycles. The lowest BCUT2D eigenvalue weighted by atomic mass is 9.92. The Balaban J connectivity index is 1.42. The van der Waals surface area contributed by atoms with Crippen LogP contribution in [0.25, 0.3) is 0 Å². The number of hydrogen-bond donors (Lipinski definition) is 3. The van der Waals surface area contributed by atoms with Crippen molar-refractivity contribution >= 4 is 0 Å². The van der Waals surface area contributed by atoms with Crippen molar-refractivity contribution in [3.05, 3.63) is 93.2 Å². The van der Waals surface area contributed by atoms with Crippen LogP contribution < -0.4 is 10.9 Å². The maximum atomic E-state index is 13.0. The van der Waals surface area contributed by atoms with E-state index in [1.807, 2.05) is 36.4 Å². The van der Waals surface area contributed by atoms with Gasteiger partial charge >= 0.3 is 0 Å². The number of hydrogen-bond acceptors (Lipinski definition) is 6. The Kier molecular flexibility index (Phi) is 9.07. The summed E-state index contributed by atoms with van der Waals surface area (Å²) in [4.78, 5) is 20.6. The van der Waals surface area contributed by atoms with Crippen LogP contribution in [-0.2, 0) is 17.7 Å². The molecule has 1 aliphatic rings. The third-order valence-corrected chi connectivity index (χ3v) is 6.64. The molecule has 4 rings (SSSR count). The van der Waals surface area contributed by atoms with E-state index in [9.17, 15) is 14.3 Å². The Bertz CT molecular complexity index is 1280. The highest BCUT2D eigenvalue weighted by Gasteiger charge is 2.25. The van der Waals surface area contributed by atoms with Gasteiger partial charge in [0.1, 0.15) is 6.67 Å². The number of nitrogens with one attached hydrogen (secondary N) is 2. The van der Waals surface area contributed by atoms with Gasteiger partial charge in [0.25, 0.3) is 5.56 Å². The fraction of sp³-hybridized carbons (Fsp3) is 0.379. The van der Waals surface area contributed by atoms with Gasteiger partial charge < -0.3 is 20.1 Å². The van der Waals surface area contributed by atoms with Crippen molar-refractivity contribution in [2.75, 3.05) is 33.4 Å². The largest absolute Gasteiger partial charge is 0.502 e. The summed E-state index contributed by atoms with van der Waals surface area (Å²) in [7, 11) is 1.76. The Morgan fingerprint density at radius 2 is 1.81 bits per heavy atom. The Morgan fingerprint density at radius 1 is 1.16 bits per heavy atom. The zero-order valence-electron chi connectivity index (χ0n) is 21.2. The van der Waals surface area contributed by atoms with Crippen LogP contribution in [0.3, 0.4) is 0 Å². The van der Waals surface area contributed by atoms with Crippen LogP contribution in [0.1, 0.15) is 40.8 Å². The van der Waals surface area contributed by atoms with Gasteiger partial charge in [-0.25, -0.2) is 9.37 Å². The van der Waals surface area contributed by atoms with Crippen LogP contribution in [0.15, 0.2) is 59.7 Å². The van der Waals surface area contributed by atoms with Crippen LogP contribution in [0.5, 0.6) is 5.75 Å². The number of aromatic hydroxyl groups is 1. The van der Waals surface area contributed by atoms with E-state index in [1.165, 1.54) is 11.9 Å². The van der Waals surface area contributed by atoms with Gasteiger partial charge in [-0.05, 0) is 42.3 Å². The van der Waals surface area contributed by atoms with E-state index in [0.29, 0.717) is 24.8 Å². The van der Waals surface area contributed by atoms with Gasteiger partial charge in [0.05, 0.1) is 18.1 Å². The molecule has 1 fully saturated rings. The second kappa shape index (κ2) is 12.6. The van der Waals surface area contributed by atoms with Crippen LogP contribution >= 0.6 is 0 Å². The SMILES string of the molecule is COC1CN(Cc2ccc(C#Cc3ccc([C@@H](CN[C@@H](C)CF)Cc4nc[nH]c(=O)c4O)cc3)cc2)C1. The smallest absolute Gasteiger partial charge is 0.293 e. The third kappa shape index (κ3) is 7.26. The van der Waals surface area contributed by atoms with Crippen molar-refractivity contribution in [3.63, 3.8) is 0 Å². The quantitative estimate of drug-likeness (QED) is 0.368. The standard InChI is InChI=1S/C29H33FN4O3/c1-20(14-30)31-15-25(13-27-28(35)29(36)33-19-32-27)24-11-9-22(10-12-24)4-3-21-5-7-23(8-6-21)16-34-17-26(18-34)37-2/h5-12,19-20,25-26,31,35H,13-18H2,1-2H3,(H,32,33,36)/t20-,25+/m0/s1. The minimum atomic E-state index is -0.576. The molecule has 7 nitrogen and oxygen atoms in total. The summed E-state index contributed by atoms with van der Waals surface area (Å²) in [5, 5.41) is 13.3. The van der Waals surface area contributed by atoms with E-state index >= 15 is 0 Å². The number of aromatic amines is 1. The summed E-state index contributed by atoms with van der Waals surface area (Å²) >= 11 is 0. The molecule has 0 saturated carbocycles. The van der Waals surface area contributed by atoms with E-state index in [1.54, 1.807) is 14.0 Å². The number of nitrogens with zero attached hydrogens (tertiary/aromatic N) is 2. The maximum absolute atomic E-state index is 13.0. The average molecular weight is 505 g/mol. The Morgan fingerprint density at radius 3 is 2.43 bits per heavy atom. The van der Waals surface area contributed by atoms with Crippen molar-refractivity contribution in [3.8, 4) is 17.6 Å². The van der Waals surface area contributed by atoms with E-state index in [4.69, 9.17) is 4.74 Å². The van der Waals surface area contributed by atoms with Gasteiger partial charge in [-0.15, -0.1) is 0 Å². The number of ether oxygens (including phenoxy) is 1. The minimum absolute atomic E-state index is 0.116. The van der Waals surface area contributed by atoms with E-state index < -0.39 is 12.2 Å². The zero-order valence-corrected chi connectivity index (χ0v) is 21.2. The van der Waals surface area contributed by atoms with Gasteiger partial charge in [-0.2, -0.15) is 0 Å². The van der Waals surface area contributed by atoms with Crippen molar-refractivity contribution in [2.24, 2.45) is 0 Å². The summed E-state index contributed by atoms with van der Waals surface area (Å²) in [5.74, 6) is 5.92. The van der Waals surface area contributed by atoms with E-state index in [2.05, 4.69) is 44.2 Å². The monoisotopic (exact) mass is 504 g/mol. The molecule has 0 radical (unpaired) electrons. The maximum Gasteiger partial charge on any atom is 0.293 e. The average Bonchev–Trinajstić information content (AvgIpc) is 2.90. The highest BCUT2D eigenvalue weighted by Crippen LogP contribution is 2.23. The molecular weight excluding hydrogens is 471 g/mol. The van der Waals surface area contributed by atoms with Crippen LogP contribution in [0, 0.1) is 11.8 Å². The predicted octanol–water partition coefficient (Wildman–Crippen LogP) is 2.98. The molecule has 37 heavy (non-hydrogen) atoms. The molecular formula is C29H33FN4O3. The van der Waals surface area contributed by atoms with Crippen LogP contribution in [0.4, 0.5) is 4.39 Å². The first-order chi connectivity index (χ1) is 17.9. The van der Waals surface area contributed by atoms with E-state index in [-0.39, 0.29) is 17.7 Å². The first-order valence-electron chi connectivity index (χ1n) is 12.5. The first kappa shape index (κ1) is 26.6. The van der Waals surface area contributed by atoms with Crippen molar-refractivity contribution in [1.82, 2.24) is 20.2 Å². The van der Waals surface area contributed by atoms with Crippen LogP contribution in [0.2, 0.25) is 0 Å². The summed E-state index contributed by atoms with van der Waals surface area (Å²) in [5.41, 5.74) is 3.80. The number of alkyl halides is 1. The third-order valence-electron chi connectivity index (χ3n) is 6.64. The van der Waals surface area contributed by atoms with Crippen LogP contribution in [-0.4, -0.2) is 65.5 Å². The summed E-state index contributed by atoms with van der Waals surface area (Å²) < 4.78 is 18.3. The lowest BCUT2D eigenvalue weighted by molar-refractivity contribution is -0.0333. The Labute approximate surface area is 216 Å². The zero-order chi connectivity index (χ0) is 26.2. The van der Waals surface area contributed by atoms with Gasteiger partial charge in [0.2, 0.25) is 5.75 Å². The second-order valence-electron chi connectivity index (χ2n) is 9.51. The highest BCUT2D eigenvalue weighted by atomic mass is 19.1. The molecule has 194 valence electrons. The molecule has 2 heterocycles. The molecule has 0 spiro atoms. The molecule has 0 bridgehead atoms. The fourth-order valence-corrected chi connectivity index (χ4v) is 4.25. The molecule has 3 N–H and O–H groups in total. The summed E-state index contributed by atoms with van der Waals surface area (Å²) in [6.45, 7) is 4.62. The predicted molar refractivity (Wildman–Crippen MR) is 141 cm³/mol. The number of rotatable bonds is 10. The molecule has 1 saturated heterocycles. The summed E-state index contributed by atoms with van der Waals surface area (Å²) in [6, 6.07) is 15.9. The molecule has 0 unspecified atom stereocenters. The van der Waals surface area contributed by atoms with Gasteiger partial charge in [-0.3, -0.25) is 9.69 Å². The number of benzene rings is 2. The van der Waals surface area contributed by atoms with Crippen molar-refractivity contribution in [1.29, 1.82) is 0 Å². The lowest BCUT2D eigenvalue weighted by Crippen LogP contribution is -2.50. The molecule has 0 aliphatic carbocycles. The van der Waals surface area contributed by atoms with E-state index in [0.717, 1.165) is 36.3 Å². The molecule has 1 aliphatic heterocycles. The first-order valence-corrected chi connectivity index (χ1v) is 12.5. The van der Waals surface area contributed by atoms with Crippen molar-refractivity contribution in [2.45, 2.75) is 38.0 Å². The summed E-state index contributed by atoms with van der Waals surface area (Å²) in [6.07, 6.45) is 1.97. The molecule has 1 aromatic heterocycles. The van der Waals surface area contributed by atoms with Gasteiger partial charge in [-0.1, -0.05) is 36.1 Å². The minimum Gasteiger partial charge on any atom is -0.502 e. The topological polar surface area (TPSA) is 90.5 Å². The van der Waals surface area contributed by atoms with Crippen molar-refractivity contribution < 1.29 is 14.2 Å². The molecule has 8 heteroatoms. The number of H-pyrrole nitrogens is 1. The Hall–Kier alpha value is -3.51. The number of likely N-dealkylation sites (tertiary alicyclic amines) is 1. The molecule has 0 amide bonds. The van der Waals surface area contributed by atoms with Gasteiger partial charge in [0.15, 0.2) is 0 Å². The molecule has 3 aromatic rings.